The van der Waals surface area contributed by atoms with Crippen LogP contribution in [0.5, 0.6) is 0 Å². The summed E-state index contributed by atoms with van der Waals surface area (Å²) in [6.07, 6.45) is -0.400. The highest BCUT2D eigenvalue weighted by atomic mass is 79.9. The summed E-state index contributed by atoms with van der Waals surface area (Å²) in [6.45, 7) is 0. The maximum absolute atomic E-state index is 12.6. The van der Waals surface area contributed by atoms with Gasteiger partial charge in [0, 0.05) is 25.6 Å². The molecule has 0 spiro atoms. The minimum absolute atomic E-state index is 0.109. The van der Waals surface area contributed by atoms with Crippen LogP contribution in [0.1, 0.15) is 22.5 Å². The Balaban J connectivity index is 1.70. The molecule has 1 aliphatic rings. The van der Waals surface area contributed by atoms with E-state index >= 15 is 0 Å². The van der Waals surface area contributed by atoms with Crippen LogP contribution in [0.3, 0.4) is 0 Å². The van der Waals surface area contributed by atoms with Gasteiger partial charge >= 0.3 is 0 Å². The highest BCUT2D eigenvalue weighted by Crippen LogP contribution is 2.40. The Kier molecular flexibility index (Phi) is 3.82. The number of hydrogen-bond donors (Lipinski definition) is 2. The van der Waals surface area contributed by atoms with Gasteiger partial charge in [-0.25, -0.2) is 0 Å². The van der Waals surface area contributed by atoms with Gasteiger partial charge in [-0.15, -0.1) is 0 Å². The number of ketones is 1. The average Bonchev–Trinajstić information content (AvgIpc) is 3.08. The molecule has 0 fully saturated rings. The smallest absolute Gasteiger partial charge is 0.261 e. The van der Waals surface area contributed by atoms with Crippen LogP contribution < -0.4 is 5.32 Å². The molecule has 2 N–H and O–H groups in total. The summed E-state index contributed by atoms with van der Waals surface area (Å²) in [4.78, 5) is 24.9. The summed E-state index contributed by atoms with van der Waals surface area (Å²) in [6, 6.07) is 12.1. The van der Waals surface area contributed by atoms with E-state index in [4.69, 9.17) is 4.42 Å². The van der Waals surface area contributed by atoms with E-state index in [1.165, 1.54) is 0 Å². The van der Waals surface area contributed by atoms with Crippen LogP contribution >= 0.6 is 31.9 Å². The molecule has 0 aliphatic carbocycles. The van der Waals surface area contributed by atoms with Crippen LogP contribution in [-0.2, 0) is 10.4 Å². The Hall–Kier alpha value is -1.96. The number of rotatable bonds is 3. The van der Waals surface area contributed by atoms with Crippen molar-refractivity contribution in [3.63, 3.8) is 0 Å². The van der Waals surface area contributed by atoms with Gasteiger partial charge in [-0.05, 0) is 42.5 Å². The molecule has 1 aromatic heterocycles. The molecule has 3 aromatic rings. The second-order valence-electron chi connectivity index (χ2n) is 5.90. The summed E-state index contributed by atoms with van der Waals surface area (Å²) < 4.78 is 7.14. The third-order valence-electron chi connectivity index (χ3n) is 4.22. The highest BCUT2D eigenvalue weighted by Gasteiger charge is 2.47. The van der Waals surface area contributed by atoms with E-state index in [-0.39, 0.29) is 5.76 Å². The van der Waals surface area contributed by atoms with Gasteiger partial charge in [-0.1, -0.05) is 31.9 Å². The average molecular weight is 465 g/mol. The van der Waals surface area contributed by atoms with Crippen LogP contribution in [0.15, 0.2) is 55.8 Å². The van der Waals surface area contributed by atoms with Gasteiger partial charge in [0.1, 0.15) is 5.58 Å². The number of anilines is 1. The second kappa shape index (κ2) is 5.79. The van der Waals surface area contributed by atoms with E-state index in [9.17, 15) is 14.7 Å². The van der Waals surface area contributed by atoms with Crippen molar-refractivity contribution in [2.75, 3.05) is 5.32 Å². The third-order valence-corrected chi connectivity index (χ3v) is 5.21. The first-order chi connectivity index (χ1) is 11.9. The van der Waals surface area contributed by atoms with Crippen LogP contribution in [0.2, 0.25) is 0 Å². The molecular formula is C18H11Br2NO4. The maximum atomic E-state index is 12.6. The topological polar surface area (TPSA) is 79.5 Å². The van der Waals surface area contributed by atoms with Crippen molar-refractivity contribution in [3.05, 3.63) is 62.7 Å². The molecule has 1 atom stereocenters. The molecule has 1 aliphatic heterocycles. The summed E-state index contributed by atoms with van der Waals surface area (Å²) in [5, 5.41) is 14.3. The van der Waals surface area contributed by atoms with Gasteiger partial charge in [-0.3, -0.25) is 9.59 Å². The Bertz CT molecular complexity index is 1040. The lowest BCUT2D eigenvalue weighted by Gasteiger charge is -2.19. The number of fused-ring (bicyclic) bond motifs is 2. The molecule has 126 valence electrons. The number of amides is 1. The van der Waals surface area contributed by atoms with Crippen LogP contribution in [0.25, 0.3) is 11.0 Å². The second-order valence-corrected chi connectivity index (χ2v) is 7.73. The summed E-state index contributed by atoms with van der Waals surface area (Å²) in [5.74, 6) is -0.955. The van der Waals surface area contributed by atoms with Crippen LogP contribution in [-0.4, -0.2) is 16.8 Å². The first-order valence-electron chi connectivity index (χ1n) is 7.43. The Labute approximate surface area is 159 Å². The Morgan fingerprint density at radius 2 is 1.84 bits per heavy atom. The van der Waals surface area contributed by atoms with Crippen molar-refractivity contribution >= 4 is 60.2 Å². The lowest BCUT2D eigenvalue weighted by molar-refractivity contribution is -0.133. The molecule has 1 amide bonds. The van der Waals surface area contributed by atoms with E-state index < -0.39 is 23.7 Å². The molecule has 1 unspecified atom stereocenters. The standard InChI is InChI=1S/C18H11Br2NO4/c19-10-2-4-15-9(5-10)6-16(25-15)14(22)8-18(24)12-7-11(20)1-3-13(12)21-17(18)23/h1-7,24H,8H2,(H,21,23). The fourth-order valence-electron chi connectivity index (χ4n) is 2.96. The lowest BCUT2D eigenvalue weighted by Crippen LogP contribution is -2.36. The number of carbonyl (C=O) groups excluding carboxylic acids is 2. The highest BCUT2D eigenvalue weighted by molar-refractivity contribution is 9.10. The zero-order valence-electron chi connectivity index (χ0n) is 12.7. The van der Waals surface area contributed by atoms with Crippen LogP contribution in [0.4, 0.5) is 5.69 Å². The van der Waals surface area contributed by atoms with Gasteiger partial charge in [0.2, 0.25) is 5.78 Å². The zero-order chi connectivity index (χ0) is 17.8. The minimum Gasteiger partial charge on any atom is -0.453 e. The molecule has 7 heteroatoms. The van der Waals surface area contributed by atoms with E-state index in [1.54, 1.807) is 30.3 Å². The quantitative estimate of drug-likeness (QED) is 0.564. The van der Waals surface area contributed by atoms with Crippen molar-refractivity contribution in [1.82, 2.24) is 0 Å². The monoisotopic (exact) mass is 463 g/mol. The van der Waals surface area contributed by atoms with Gasteiger partial charge in [0.05, 0.1) is 6.42 Å². The first-order valence-corrected chi connectivity index (χ1v) is 9.01. The molecule has 2 aromatic carbocycles. The van der Waals surface area contributed by atoms with Gasteiger partial charge in [0.15, 0.2) is 11.4 Å². The number of hydrogen-bond acceptors (Lipinski definition) is 4. The molecule has 0 saturated heterocycles. The predicted octanol–water partition coefficient (Wildman–Crippen LogP) is 4.37. The fourth-order valence-corrected chi connectivity index (χ4v) is 3.70. The molecular weight excluding hydrogens is 454 g/mol. The predicted molar refractivity (Wildman–Crippen MR) is 99.5 cm³/mol. The van der Waals surface area contributed by atoms with Gasteiger partial charge in [-0.2, -0.15) is 0 Å². The molecule has 25 heavy (non-hydrogen) atoms. The fraction of sp³-hybridized carbons (Fsp3) is 0.111. The molecule has 5 nitrogen and oxygen atoms in total. The Morgan fingerprint density at radius 1 is 1.12 bits per heavy atom. The number of carbonyl (C=O) groups is 2. The summed E-state index contributed by atoms with van der Waals surface area (Å²) in [7, 11) is 0. The SMILES string of the molecule is O=C(CC1(O)C(=O)Nc2ccc(Br)cc21)c1cc2cc(Br)ccc2o1. The molecule has 4 rings (SSSR count). The summed E-state index contributed by atoms with van der Waals surface area (Å²) >= 11 is 6.69. The number of aliphatic hydroxyl groups is 1. The van der Waals surface area contributed by atoms with Crippen molar-refractivity contribution < 1.29 is 19.1 Å². The van der Waals surface area contributed by atoms with E-state index in [0.717, 1.165) is 9.86 Å². The van der Waals surface area contributed by atoms with Crippen molar-refractivity contribution in [1.29, 1.82) is 0 Å². The maximum Gasteiger partial charge on any atom is 0.261 e. The molecule has 2 heterocycles. The summed E-state index contributed by atoms with van der Waals surface area (Å²) in [5.41, 5.74) is -0.482. The molecule has 0 saturated carbocycles. The molecule has 0 bridgehead atoms. The number of furan rings is 1. The molecule has 0 radical (unpaired) electrons. The lowest BCUT2D eigenvalue weighted by atomic mass is 9.89. The number of halogens is 2. The van der Waals surface area contributed by atoms with Crippen molar-refractivity contribution in [2.45, 2.75) is 12.0 Å². The zero-order valence-corrected chi connectivity index (χ0v) is 15.8. The minimum atomic E-state index is -1.92. The van der Waals surface area contributed by atoms with E-state index in [1.807, 2.05) is 12.1 Å². The van der Waals surface area contributed by atoms with Gasteiger partial charge < -0.3 is 14.8 Å². The van der Waals surface area contributed by atoms with Crippen molar-refractivity contribution in [3.8, 4) is 0 Å². The van der Waals surface area contributed by atoms with E-state index in [0.29, 0.717) is 21.3 Å². The van der Waals surface area contributed by atoms with Crippen molar-refractivity contribution in [2.24, 2.45) is 0 Å². The van der Waals surface area contributed by atoms with Gasteiger partial charge in [0.25, 0.3) is 5.91 Å². The van der Waals surface area contributed by atoms with Crippen LogP contribution in [0, 0.1) is 0 Å². The normalized spacial score (nSPS) is 19.1. The first kappa shape index (κ1) is 16.5. The largest absolute Gasteiger partial charge is 0.453 e. The number of nitrogens with one attached hydrogen (secondary N) is 1. The number of Topliss-reactive ketones (excluding diaryl/α,β-unsaturated/α-hetero) is 1. The third kappa shape index (κ3) is 2.72. The number of benzene rings is 2. The van der Waals surface area contributed by atoms with E-state index in [2.05, 4.69) is 37.2 Å². The Morgan fingerprint density at radius 3 is 2.64 bits per heavy atom.